The molecule has 6 nitrogen and oxygen atoms in total. The number of rotatable bonds is 2. The molecule has 0 saturated heterocycles. The first-order valence-corrected chi connectivity index (χ1v) is 7.10. The van der Waals surface area contributed by atoms with Crippen molar-refractivity contribution < 1.29 is 37.0 Å². The third-order valence-corrected chi connectivity index (χ3v) is 3.83. The van der Waals surface area contributed by atoms with Gasteiger partial charge in [0, 0.05) is 11.8 Å². The van der Waals surface area contributed by atoms with Gasteiger partial charge in [-0.05, 0) is 25.1 Å². The standard InChI is InChI=1S/C16H12F3NO5/c1-15(23,16(17,18)19)14(22)20-8-2-3-9-11(6-8)25-7-12-10(13(9)21)4-5-24-12/h2-6,23H,7H2,1H3,(H,20,22). The zero-order valence-electron chi connectivity index (χ0n) is 12.8. The Bertz CT molecular complexity index is 854. The van der Waals surface area contributed by atoms with Crippen LogP contribution in [0.15, 0.2) is 34.9 Å². The molecule has 0 bridgehead atoms. The number of carbonyl (C=O) groups excluding carboxylic acids is 2. The Balaban J connectivity index is 1.87. The van der Waals surface area contributed by atoms with E-state index in [2.05, 4.69) is 0 Å². The van der Waals surface area contributed by atoms with Crippen molar-refractivity contribution in [3.63, 3.8) is 0 Å². The molecule has 25 heavy (non-hydrogen) atoms. The van der Waals surface area contributed by atoms with Crippen molar-refractivity contribution in [3.05, 3.63) is 47.4 Å². The minimum atomic E-state index is -5.14. The van der Waals surface area contributed by atoms with Gasteiger partial charge in [0.15, 0.2) is 11.5 Å². The summed E-state index contributed by atoms with van der Waals surface area (Å²) in [6.45, 7) is 0.308. The lowest BCUT2D eigenvalue weighted by atomic mass is 10.0. The van der Waals surface area contributed by atoms with Gasteiger partial charge in [-0.3, -0.25) is 9.59 Å². The maximum absolute atomic E-state index is 12.7. The van der Waals surface area contributed by atoms with Crippen LogP contribution in [0, 0.1) is 0 Å². The van der Waals surface area contributed by atoms with Gasteiger partial charge >= 0.3 is 6.18 Å². The molecule has 1 aromatic carbocycles. The average Bonchev–Trinajstić information content (AvgIpc) is 2.95. The molecule has 2 heterocycles. The van der Waals surface area contributed by atoms with Gasteiger partial charge in [-0.2, -0.15) is 13.2 Å². The highest BCUT2D eigenvalue weighted by Crippen LogP contribution is 2.33. The summed E-state index contributed by atoms with van der Waals surface area (Å²) in [6, 6.07) is 5.27. The molecule has 1 unspecified atom stereocenters. The topological polar surface area (TPSA) is 88.8 Å². The third-order valence-electron chi connectivity index (χ3n) is 3.83. The van der Waals surface area contributed by atoms with Crippen LogP contribution in [0.3, 0.4) is 0 Å². The minimum Gasteiger partial charge on any atom is -0.485 e. The lowest BCUT2D eigenvalue weighted by Crippen LogP contribution is -2.52. The van der Waals surface area contributed by atoms with Crippen LogP contribution in [0.4, 0.5) is 18.9 Å². The Hall–Kier alpha value is -2.81. The lowest BCUT2D eigenvalue weighted by Gasteiger charge is -2.25. The van der Waals surface area contributed by atoms with Gasteiger partial charge < -0.3 is 19.6 Å². The molecule has 0 aliphatic carbocycles. The van der Waals surface area contributed by atoms with Gasteiger partial charge in [-0.25, -0.2) is 0 Å². The maximum Gasteiger partial charge on any atom is 0.426 e. The Morgan fingerprint density at radius 2 is 1.96 bits per heavy atom. The predicted molar refractivity (Wildman–Crippen MR) is 78.2 cm³/mol. The number of fused-ring (bicyclic) bond motifs is 2. The minimum absolute atomic E-state index is 0.0429. The van der Waals surface area contributed by atoms with Crippen molar-refractivity contribution in [2.45, 2.75) is 25.3 Å². The molecule has 9 heteroatoms. The molecule has 1 aromatic heterocycles. The van der Waals surface area contributed by atoms with Crippen molar-refractivity contribution in [3.8, 4) is 5.75 Å². The van der Waals surface area contributed by atoms with Gasteiger partial charge in [0.05, 0.1) is 17.4 Å². The van der Waals surface area contributed by atoms with Crippen molar-refractivity contribution >= 4 is 17.4 Å². The van der Waals surface area contributed by atoms with Crippen LogP contribution in [0.5, 0.6) is 5.75 Å². The Kier molecular flexibility index (Phi) is 3.83. The fourth-order valence-corrected chi connectivity index (χ4v) is 2.23. The second kappa shape index (κ2) is 5.62. The van der Waals surface area contributed by atoms with E-state index in [1.54, 1.807) is 0 Å². The fourth-order valence-electron chi connectivity index (χ4n) is 2.23. The smallest absolute Gasteiger partial charge is 0.426 e. The molecule has 2 N–H and O–H groups in total. The molecule has 1 atom stereocenters. The number of hydrogen-bond acceptors (Lipinski definition) is 5. The van der Waals surface area contributed by atoms with Gasteiger partial charge in [0.1, 0.15) is 12.4 Å². The van der Waals surface area contributed by atoms with Crippen LogP contribution in [0.2, 0.25) is 0 Å². The summed E-state index contributed by atoms with van der Waals surface area (Å²) in [4.78, 5) is 24.1. The second-order valence-electron chi connectivity index (χ2n) is 5.61. The van der Waals surface area contributed by atoms with Crippen LogP contribution in [0.1, 0.15) is 28.6 Å². The molecule has 0 spiro atoms. The number of ether oxygens (including phenoxy) is 1. The third kappa shape index (κ3) is 2.86. The van der Waals surface area contributed by atoms with E-state index in [4.69, 9.17) is 9.15 Å². The highest BCUT2D eigenvalue weighted by Gasteiger charge is 2.55. The number of amides is 1. The van der Waals surface area contributed by atoms with Gasteiger partial charge in [-0.15, -0.1) is 0 Å². The van der Waals surface area contributed by atoms with E-state index < -0.39 is 17.7 Å². The van der Waals surface area contributed by atoms with Crippen molar-refractivity contribution in [1.82, 2.24) is 0 Å². The molecule has 1 amide bonds. The molecule has 0 radical (unpaired) electrons. The number of ketones is 1. The van der Waals surface area contributed by atoms with E-state index in [1.807, 2.05) is 5.32 Å². The number of anilines is 1. The Morgan fingerprint density at radius 1 is 1.24 bits per heavy atom. The lowest BCUT2D eigenvalue weighted by molar-refractivity contribution is -0.242. The van der Waals surface area contributed by atoms with E-state index >= 15 is 0 Å². The number of hydrogen-bond donors (Lipinski definition) is 2. The van der Waals surface area contributed by atoms with E-state index in [1.165, 1.54) is 30.5 Å². The summed E-state index contributed by atoms with van der Waals surface area (Å²) >= 11 is 0. The Labute approximate surface area is 139 Å². The summed E-state index contributed by atoms with van der Waals surface area (Å²) in [7, 11) is 0. The molecule has 0 fully saturated rings. The monoisotopic (exact) mass is 355 g/mol. The van der Waals surface area contributed by atoms with Crippen LogP contribution >= 0.6 is 0 Å². The first kappa shape index (κ1) is 17.0. The fraction of sp³-hybridized carbons (Fsp3) is 0.250. The zero-order valence-corrected chi connectivity index (χ0v) is 12.8. The van der Waals surface area contributed by atoms with Crippen molar-refractivity contribution in [1.29, 1.82) is 0 Å². The SMILES string of the molecule is CC(O)(C(=O)Nc1ccc2c(c1)OCc1occc1C2=O)C(F)(F)F. The first-order valence-electron chi connectivity index (χ1n) is 7.10. The van der Waals surface area contributed by atoms with Gasteiger partial charge in [-0.1, -0.05) is 0 Å². The summed E-state index contributed by atoms with van der Waals surface area (Å²) in [5, 5.41) is 11.3. The van der Waals surface area contributed by atoms with Crippen molar-refractivity contribution in [2.75, 3.05) is 5.32 Å². The molecule has 1 aliphatic heterocycles. The summed E-state index contributed by atoms with van der Waals surface area (Å²) < 4.78 is 48.6. The van der Waals surface area contributed by atoms with E-state index in [-0.39, 0.29) is 29.4 Å². The number of halogens is 3. The van der Waals surface area contributed by atoms with Gasteiger partial charge in [0.25, 0.3) is 5.91 Å². The largest absolute Gasteiger partial charge is 0.485 e. The zero-order chi connectivity index (χ0) is 18.4. The number of nitrogens with one attached hydrogen (secondary N) is 1. The molecular formula is C16H12F3NO5. The van der Waals surface area contributed by atoms with E-state index in [0.717, 1.165) is 0 Å². The van der Waals surface area contributed by atoms with Crippen LogP contribution in [0.25, 0.3) is 0 Å². The number of aliphatic hydroxyl groups is 1. The highest BCUT2D eigenvalue weighted by atomic mass is 19.4. The molecule has 132 valence electrons. The summed E-state index contributed by atoms with van der Waals surface area (Å²) in [6.07, 6.45) is -3.78. The summed E-state index contributed by atoms with van der Waals surface area (Å²) in [5.41, 5.74) is -3.10. The van der Waals surface area contributed by atoms with Crippen LogP contribution in [-0.4, -0.2) is 28.6 Å². The number of alkyl halides is 3. The number of furan rings is 1. The molecule has 0 saturated carbocycles. The predicted octanol–water partition coefficient (Wildman–Crippen LogP) is 2.65. The van der Waals surface area contributed by atoms with Crippen LogP contribution < -0.4 is 10.1 Å². The second-order valence-corrected chi connectivity index (χ2v) is 5.61. The average molecular weight is 355 g/mol. The normalized spacial score (nSPS) is 16.1. The molecular weight excluding hydrogens is 343 g/mol. The number of benzene rings is 1. The molecule has 3 rings (SSSR count). The highest BCUT2D eigenvalue weighted by molar-refractivity contribution is 6.12. The van der Waals surface area contributed by atoms with Gasteiger partial charge in [0.2, 0.25) is 5.60 Å². The maximum atomic E-state index is 12.7. The van der Waals surface area contributed by atoms with E-state index in [9.17, 15) is 27.9 Å². The Morgan fingerprint density at radius 3 is 2.64 bits per heavy atom. The van der Waals surface area contributed by atoms with Crippen molar-refractivity contribution in [2.24, 2.45) is 0 Å². The molecule has 2 aromatic rings. The van der Waals surface area contributed by atoms with Crippen LogP contribution in [-0.2, 0) is 11.4 Å². The summed E-state index contributed by atoms with van der Waals surface area (Å²) in [5.74, 6) is -1.60. The first-order chi connectivity index (χ1) is 11.6. The quantitative estimate of drug-likeness (QED) is 0.865. The van der Waals surface area contributed by atoms with E-state index in [0.29, 0.717) is 18.2 Å². The number of carbonyl (C=O) groups is 2. The molecule has 1 aliphatic rings.